The van der Waals surface area contributed by atoms with E-state index in [9.17, 15) is 8.42 Å². The second-order valence-corrected chi connectivity index (χ2v) is 11.9. The van der Waals surface area contributed by atoms with Crippen molar-refractivity contribution in [3.05, 3.63) is 138 Å². The Balaban J connectivity index is 1.27. The molecular formula is C32H34O5S2. The van der Waals surface area contributed by atoms with Crippen molar-refractivity contribution >= 4 is 21.9 Å². The third-order valence-electron chi connectivity index (χ3n) is 6.24. The molecule has 4 aromatic carbocycles. The van der Waals surface area contributed by atoms with E-state index in [1.165, 1.54) is 16.7 Å². The van der Waals surface area contributed by atoms with E-state index >= 15 is 0 Å². The quantitative estimate of drug-likeness (QED) is 0.0942. The summed E-state index contributed by atoms with van der Waals surface area (Å²) in [5.74, 6) is 0.774. The smallest absolute Gasteiger partial charge is 0.297 e. The van der Waals surface area contributed by atoms with Gasteiger partial charge in [0.2, 0.25) is 0 Å². The van der Waals surface area contributed by atoms with E-state index in [0.29, 0.717) is 19.8 Å². The molecule has 0 amide bonds. The molecular weight excluding hydrogens is 528 g/mol. The number of hydrogen-bond acceptors (Lipinski definition) is 6. The Hall–Kier alpha value is -2.94. The van der Waals surface area contributed by atoms with Gasteiger partial charge in [0.25, 0.3) is 10.1 Å². The lowest BCUT2D eigenvalue weighted by atomic mass is 9.84. The Kier molecular flexibility index (Phi) is 10.8. The van der Waals surface area contributed by atoms with Gasteiger partial charge in [-0.15, -0.1) is 11.8 Å². The summed E-state index contributed by atoms with van der Waals surface area (Å²) in [5.41, 5.74) is 4.64. The Labute approximate surface area is 236 Å². The van der Waals surface area contributed by atoms with Crippen LogP contribution < -0.4 is 0 Å². The molecule has 39 heavy (non-hydrogen) atoms. The first-order valence-corrected chi connectivity index (χ1v) is 15.3. The molecule has 4 aromatic rings. The second-order valence-electron chi connectivity index (χ2n) is 8.94. The lowest BCUT2D eigenvalue weighted by Crippen LogP contribution is -2.26. The van der Waals surface area contributed by atoms with Crippen LogP contribution in [0.3, 0.4) is 0 Å². The minimum Gasteiger partial charge on any atom is -0.378 e. The van der Waals surface area contributed by atoms with E-state index in [-0.39, 0.29) is 22.9 Å². The summed E-state index contributed by atoms with van der Waals surface area (Å²) in [6.07, 6.45) is 0. The van der Waals surface area contributed by atoms with Crippen molar-refractivity contribution in [1.82, 2.24) is 0 Å². The van der Waals surface area contributed by atoms with Crippen LogP contribution in [0.25, 0.3) is 0 Å². The molecule has 5 nitrogen and oxygen atoms in total. The fourth-order valence-electron chi connectivity index (χ4n) is 4.32. The number of thioether (sulfide) groups is 1. The molecule has 0 saturated carbocycles. The monoisotopic (exact) mass is 562 g/mol. The molecule has 0 heterocycles. The summed E-state index contributed by atoms with van der Waals surface area (Å²) in [6, 6.07) is 38.3. The molecule has 0 radical (unpaired) electrons. The molecule has 0 spiro atoms. The molecule has 4 rings (SSSR count). The Morgan fingerprint density at radius 2 is 1.03 bits per heavy atom. The van der Waals surface area contributed by atoms with Crippen LogP contribution in [-0.4, -0.2) is 47.2 Å². The van der Waals surface area contributed by atoms with Crippen LogP contribution >= 0.6 is 11.8 Å². The Bertz CT molecular complexity index is 1260. The summed E-state index contributed by atoms with van der Waals surface area (Å²) in [4.78, 5) is 0.145. The highest BCUT2D eigenvalue weighted by Gasteiger charge is 2.36. The second kappa shape index (κ2) is 14.4. The van der Waals surface area contributed by atoms with E-state index in [0.717, 1.165) is 11.3 Å². The van der Waals surface area contributed by atoms with Crippen LogP contribution in [0.1, 0.15) is 22.3 Å². The number of aryl methyl sites for hydroxylation is 1. The maximum absolute atomic E-state index is 12.2. The van der Waals surface area contributed by atoms with Crippen molar-refractivity contribution in [1.29, 1.82) is 0 Å². The standard InChI is InChI=1S/C32H34O5S2/c1-27-17-19-31(20-18-27)39(33,34)37-24-23-35-21-22-36-25-26-38-32(28-11-5-2-6-12-28,29-13-7-3-8-14-29)30-15-9-4-10-16-30/h2-20H,21-26H2,1H3. The van der Waals surface area contributed by atoms with Crippen molar-refractivity contribution in [2.75, 3.05) is 38.8 Å². The van der Waals surface area contributed by atoms with Crippen LogP contribution in [0, 0.1) is 6.92 Å². The van der Waals surface area contributed by atoms with Gasteiger partial charge in [-0.3, -0.25) is 4.18 Å². The van der Waals surface area contributed by atoms with Gasteiger partial charge in [0, 0.05) is 5.75 Å². The molecule has 0 atom stereocenters. The first-order valence-electron chi connectivity index (χ1n) is 12.9. The summed E-state index contributed by atoms with van der Waals surface area (Å²) in [7, 11) is -3.78. The highest BCUT2D eigenvalue weighted by atomic mass is 32.2. The van der Waals surface area contributed by atoms with E-state index in [2.05, 4.69) is 72.8 Å². The van der Waals surface area contributed by atoms with Crippen molar-refractivity contribution in [3.8, 4) is 0 Å². The van der Waals surface area contributed by atoms with Crippen molar-refractivity contribution in [2.24, 2.45) is 0 Å². The first-order chi connectivity index (χ1) is 19.0. The van der Waals surface area contributed by atoms with Gasteiger partial charge >= 0.3 is 0 Å². The largest absolute Gasteiger partial charge is 0.378 e. The van der Waals surface area contributed by atoms with Gasteiger partial charge in [-0.2, -0.15) is 8.42 Å². The zero-order valence-corrected chi connectivity index (χ0v) is 23.7. The van der Waals surface area contributed by atoms with Gasteiger partial charge in [0.05, 0.1) is 42.7 Å². The van der Waals surface area contributed by atoms with Crippen molar-refractivity contribution < 1.29 is 22.1 Å². The molecule has 0 bridgehead atoms. The maximum atomic E-state index is 12.2. The highest BCUT2D eigenvalue weighted by molar-refractivity contribution is 8.00. The van der Waals surface area contributed by atoms with Crippen LogP contribution in [0.5, 0.6) is 0 Å². The van der Waals surface area contributed by atoms with Gasteiger partial charge < -0.3 is 9.47 Å². The minimum atomic E-state index is -3.78. The molecule has 0 fully saturated rings. The molecule has 7 heteroatoms. The van der Waals surface area contributed by atoms with E-state index in [1.807, 2.05) is 36.9 Å². The van der Waals surface area contributed by atoms with E-state index in [4.69, 9.17) is 13.7 Å². The molecule has 0 N–H and O–H groups in total. The van der Waals surface area contributed by atoms with Gasteiger partial charge in [0.15, 0.2) is 0 Å². The number of ether oxygens (including phenoxy) is 2. The number of benzene rings is 4. The van der Waals surface area contributed by atoms with Crippen molar-refractivity contribution in [2.45, 2.75) is 16.6 Å². The lowest BCUT2D eigenvalue weighted by Gasteiger charge is -2.35. The van der Waals surface area contributed by atoms with E-state index in [1.54, 1.807) is 24.3 Å². The van der Waals surface area contributed by atoms with Gasteiger partial charge in [0.1, 0.15) is 0 Å². The molecule has 0 saturated heterocycles. The van der Waals surface area contributed by atoms with Gasteiger partial charge in [-0.1, -0.05) is 109 Å². The summed E-state index contributed by atoms with van der Waals surface area (Å²) in [6.45, 7) is 3.36. The van der Waals surface area contributed by atoms with E-state index < -0.39 is 10.1 Å². The zero-order chi connectivity index (χ0) is 27.4. The molecule has 0 aromatic heterocycles. The highest BCUT2D eigenvalue weighted by Crippen LogP contribution is 2.48. The predicted molar refractivity (Wildman–Crippen MR) is 158 cm³/mol. The predicted octanol–water partition coefficient (Wildman–Crippen LogP) is 6.46. The fourth-order valence-corrected chi connectivity index (χ4v) is 6.63. The molecule has 0 aliphatic carbocycles. The Morgan fingerprint density at radius 1 is 0.590 bits per heavy atom. The number of hydrogen-bond donors (Lipinski definition) is 0. The summed E-state index contributed by atoms with van der Waals surface area (Å²) >= 11 is 1.85. The summed E-state index contributed by atoms with van der Waals surface area (Å²) in [5, 5.41) is 0. The molecule has 0 aliphatic heterocycles. The lowest BCUT2D eigenvalue weighted by molar-refractivity contribution is 0.0420. The van der Waals surface area contributed by atoms with Crippen LogP contribution in [0.2, 0.25) is 0 Å². The minimum absolute atomic E-state index is 0.0419. The molecule has 204 valence electrons. The average molecular weight is 563 g/mol. The number of rotatable bonds is 15. The zero-order valence-electron chi connectivity index (χ0n) is 22.1. The summed E-state index contributed by atoms with van der Waals surface area (Å²) < 4.78 is 40.5. The normalized spacial score (nSPS) is 11.9. The fraction of sp³-hybridized carbons (Fsp3) is 0.250. The topological polar surface area (TPSA) is 61.8 Å². The van der Waals surface area contributed by atoms with Crippen molar-refractivity contribution in [3.63, 3.8) is 0 Å². The van der Waals surface area contributed by atoms with Gasteiger partial charge in [-0.25, -0.2) is 0 Å². The third kappa shape index (κ3) is 7.81. The van der Waals surface area contributed by atoms with Gasteiger partial charge in [-0.05, 0) is 35.7 Å². The SMILES string of the molecule is Cc1ccc(S(=O)(=O)OCCOCCOCCSC(c2ccccc2)(c2ccccc2)c2ccccc2)cc1. The van der Waals surface area contributed by atoms with Crippen LogP contribution in [0.4, 0.5) is 0 Å². The third-order valence-corrected chi connectivity index (χ3v) is 9.07. The van der Waals surface area contributed by atoms with Crippen LogP contribution in [-0.2, 0) is 28.5 Å². The molecule has 0 unspecified atom stereocenters. The maximum Gasteiger partial charge on any atom is 0.297 e. The molecule has 0 aliphatic rings. The van der Waals surface area contributed by atoms with Crippen LogP contribution in [0.15, 0.2) is 120 Å². The first kappa shape index (κ1) is 29.1. The Morgan fingerprint density at radius 3 is 1.51 bits per heavy atom. The average Bonchev–Trinajstić information content (AvgIpc) is 2.98.